The Labute approximate surface area is 159 Å². The van der Waals surface area contributed by atoms with E-state index < -0.39 is 5.60 Å². The highest BCUT2D eigenvalue weighted by molar-refractivity contribution is 5.80. The molecule has 0 bridgehead atoms. The van der Waals surface area contributed by atoms with Crippen molar-refractivity contribution in [2.45, 2.75) is 98.0 Å². The van der Waals surface area contributed by atoms with Crippen molar-refractivity contribution in [3.8, 4) is 0 Å². The third-order valence-electron chi connectivity index (χ3n) is 10.2. The van der Waals surface area contributed by atoms with Gasteiger partial charge in [-0.15, -0.1) is 0 Å². The molecule has 0 aromatic carbocycles. The summed E-state index contributed by atoms with van der Waals surface area (Å²) in [4.78, 5) is 12.5. The Hall–Kier alpha value is -0.630. The van der Waals surface area contributed by atoms with Crippen molar-refractivity contribution >= 4 is 5.78 Å². The molecule has 6 atom stereocenters. The summed E-state index contributed by atoms with van der Waals surface area (Å²) in [5.74, 6) is 1.90. The van der Waals surface area contributed by atoms with Gasteiger partial charge in [0.25, 0.3) is 0 Å². The van der Waals surface area contributed by atoms with Gasteiger partial charge in [-0.3, -0.25) is 4.79 Å². The highest BCUT2D eigenvalue weighted by Gasteiger charge is 2.71. The molecule has 26 heavy (non-hydrogen) atoms. The van der Waals surface area contributed by atoms with Gasteiger partial charge in [0, 0.05) is 18.3 Å². The van der Waals surface area contributed by atoms with Gasteiger partial charge in [-0.05, 0) is 80.5 Å². The fourth-order valence-corrected chi connectivity index (χ4v) is 8.54. The van der Waals surface area contributed by atoms with E-state index in [-0.39, 0.29) is 10.8 Å². The van der Waals surface area contributed by atoms with Crippen LogP contribution in [0.4, 0.5) is 0 Å². The molecule has 0 aliphatic heterocycles. The molecule has 0 aromatic rings. The quantitative estimate of drug-likeness (QED) is 0.612. The first-order valence-corrected chi connectivity index (χ1v) is 11.0. The summed E-state index contributed by atoms with van der Waals surface area (Å²) >= 11 is 0. The van der Waals surface area contributed by atoms with Crippen LogP contribution in [0.1, 0.15) is 92.4 Å². The molecule has 1 N–H and O–H groups in total. The summed E-state index contributed by atoms with van der Waals surface area (Å²) in [6.07, 6.45) is 11.3. The molecule has 0 aromatic heterocycles. The molecule has 0 heterocycles. The highest BCUT2D eigenvalue weighted by atomic mass is 16.3. The van der Waals surface area contributed by atoms with E-state index in [1.165, 1.54) is 12.8 Å². The van der Waals surface area contributed by atoms with E-state index in [1.807, 2.05) is 0 Å². The number of carbonyl (C=O) groups excluding carboxylic acids is 1. The second-order valence-corrected chi connectivity index (χ2v) is 10.8. The van der Waals surface area contributed by atoms with Crippen molar-refractivity contribution in [3.63, 3.8) is 0 Å². The predicted octanol–water partition coefficient (Wildman–Crippen LogP) is 5.69. The summed E-state index contributed by atoms with van der Waals surface area (Å²) in [6, 6.07) is 0. The number of hydrogen-bond donors (Lipinski definition) is 1. The molecule has 0 radical (unpaired) electrons. The standard InChI is InChI=1S/C24H38O2/c1-6-17-7-8-19-20-10-12-23(16(2)3)15-18(25)9-11-22(23,5)24(20,26)14-13-21(17,19)4/h6,16,19-20,26H,7-15H2,1-5H3. The van der Waals surface area contributed by atoms with Gasteiger partial charge in [0.2, 0.25) is 0 Å². The fraction of sp³-hybridized carbons (Fsp3) is 0.875. The molecule has 0 spiro atoms. The van der Waals surface area contributed by atoms with Crippen LogP contribution in [0.15, 0.2) is 11.6 Å². The minimum atomic E-state index is -0.594. The first kappa shape index (κ1) is 18.7. The average Bonchev–Trinajstić information content (AvgIpc) is 2.93. The topological polar surface area (TPSA) is 37.3 Å². The normalized spacial score (nSPS) is 52.7. The van der Waals surface area contributed by atoms with Crippen LogP contribution in [0, 0.1) is 34.0 Å². The van der Waals surface area contributed by atoms with Gasteiger partial charge in [0.15, 0.2) is 0 Å². The monoisotopic (exact) mass is 358 g/mol. The molecule has 4 fully saturated rings. The van der Waals surface area contributed by atoms with E-state index in [4.69, 9.17) is 0 Å². The summed E-state index contributed by atoms with van der Waals surface area (Å²) in [5, 5.41) is 12.3. The van der Waals surface area contributed by atoms with Gasteiger partial charge < -0.3 is 5.11 Å². The zero-order chi connectivity index (χ0) is 19.0. The van der Waals surface area contributed by atoms with Gasteiger partial charge in [0.05, 0.1) is 5.60 Å². The maximum atomic E-state index is 12.5. The van der Waals surface area contributed by atoms with Crippen LogP contribution in [0.2, 0.25) is 0 Å². The van der Waals surface area contributed by atoms with Crippen molar-refractivity contribution in [3.05, 3.63) is 11.6 Å². The molecular weight excluding hydrogens is 320 g/mol. The van der Waals surface area contributed by atoms with Crippen LogP contribution in [-0.2, 0) is 4.79 Å². The van der Waals surface area contributed by atoms with E-state index in [0.717, 1.165) is 32.1 Å². The lowest BCUT2D eigenvalue weighted by molar-refractivity contribution is -0.267. The molecule has 4 aliphatic carbocycles. The van der Waals surface area contributed by atoms with Gasteiger partial charge in [-0.1, -0.05) is 39.3 Å². The Bertz CT molecular complexity index is 649. The number of allylic oxidation sites excluding steroid dienone is 2. The van der Waals surface area contributed by atoms with E-state index in [1.54, 1.807) is 5.57 Å². The first-order chi connectivity index (χ1) is 12.1. The van der Waals surface area contributed by atoms with Crippen LogP contribution in [0.3, 0.4) is 0 Å². The Kier molecular flexibility index (Phi) is 4.10. The van der Waals surface area contributed by atoms with Crippen LogP contribution in [0.25, 0.3) is 0 Å². The van der Waals surface area contributed by atoms with E-state index in [2.05, 4.69) is 40.7 Å². The second-order valence-electron chi connectivity index (χ2n) is 10.8. The Balaban J connectivity index is 1.79. The highest BCUT2D eigenvalue weighted by Crippen LogP contribution is 2.73. The van der Waals surface area contributed by atoms with E-state index in [0.29, 0.717) is 41.8 Å². The first-order valence-electron chi connectivity index (χ1n) is 11.0. The number of carbonyl (C=O) groups is 1. The lowest BCUT2D eigenvalue weighted by atomic mass is 9.36. The average molecular weight is 359 g/mol. The number of Topliss-reactive ketones (excluding diaryl/α,β-unsaturated/α-hetero) is 1. The van der Waals surface area contributed by atoms with Gasteiger partial charge in [-0.2, -0.15) is 0 Å². The molecule has 6 unspecified atom stereocenters. The fourth-order valence-electron chi connectivity index (χ4n) is 8.54. The molecule has 4 aliphatic rings. The third-order valence-corrected chi connectivity index (χ3v) is 10.2. The minimum absolute atomic E-state index is 0.0106. The smallest absolute Gasteiger partial charge is 0.133 e. The minimum Gasteiger partial charge on any atom is -0.389 e. The maximum Gasteiger partial charge on any atom is 0.133 e. The maximum absolute atomic E-state index is 12.5. The zero-order valence-electron chi connectivity index (χ0n) is 17.5. The summed E-state index contributed by atoms with van der Waals surface area (Å²) in [7, 11) is 0. The lowest BCUT2D eigenvalue weighted by Gasteiger charge is -2.70. The van der Waals surface area contributed by atoms with Crippen molar-refractivity contribution in [2.75, 3.05) is 0 Å². The Morgan fingerprint density at radius 2 is 1.77 bits per heavy atom. The van der Waals surface area contributed by atoms with Crippen LogP contribution in [0.5, 0.6) is 0 Å². The molecule has 4 saturated carbocycles. The van der Waals surface area contributed by atoms with Crippen molar-refractivity contribution < 1.29 is 9.90 Å². The molecular formula is C24H38O2. The number of rotatable bonds is 1. The molecule has 0 amide bonds. The Morgan fingerprint density at radius 3 is 2.42 bits per heavy atom. The largest absolute Gasteiger partial charge is 0.389 e. The number of fused-ring (bicyclic) bond motifs is 5. The van der Waals surface area contributed by atoms with Gasteiger partial charge >= 0.3 is 0 Å². The van der Waals surface area contributed by atoms with Gasteiger partial charge in [-0.25, -0.2) is 0 Å². The van der Waals surface area contributed by atoms with Crippen LogP contribution >= 0.6 is 0 Å². The predicted molar refractivity (Wildman–Crippen MR) is 106 cm³/mol. The molecule has 146 valence electrons. The Morgan fingerprint density at radius 1 is 1.04 bits per heavy atom. The van der Waals surface area contributed by atoms with Crippen molar-refractivity contribution in [1.82, 2.24) is 0 Å². The summed E-state index contributed by atoms with van der Waals surface area (Å²) in [5.41, 5.74) is 1.21. The molecule has 4 rings (SSSR count). The van der Waals surface area contributed by atoms with E-state index >= 15 is 0 Å². The van der Waals surface area contributed by atoms with Crippen LogP contribution in [-0.4, -0.2) is 16.5 Å². The van der Waals surface area contributed by atoms with E-state index in [9.17, 15) is 9.90 Å². The molecule has 2 nitrogen and oxygen atoms in total. The molecule has 2 heteroatoms. The second kappa shape index (κ2) is 5.69. The zero-order valence-corrected chi connectivity index (χ0v) is 17.5. The number of hydrogen-bond acceptors (Lipinski definition) is 2. The third kappa shape index (κ3) is 2.01. The molecule has 0 saturated heterocycles. The SMILES string of the molecule is CC=C1CCC2C3CCC4(C(C)C)CC(=O)CCC4(C)C3(O)CCC12C. The van der Waals surface area contributed by atoms with Crippen LogP contribution < -0.4 is 0 Å². The lowest BCUT2D eigenvalue weighted by Crippen LogP contribution is -2.70. The van der Waals surface area contributed by atoms with Crippen molar-refractivity contribution in [2.24, 2.45) is 34.0 Å². The summed E-state index contributed by atoms with van der Waals surface area (Å²) in [6.45, 7) is 11.6. The number of ketones is 1. The summed E-state index contributed by atoms with van der Waals surface area (Å²) < 4.78 is 0. The van der Waals surface area contributed by atoms with Crippen molar-refractivity contribution in [1.29, 1.82) is 0 Å². The van der Waals surface area contributed by atoms with Gasteiger partial charge in [0.1, 0.15) is 5.78 Å². The number of aliphatic hydroxyl groups is 1.